The highest BCUT2D eigenvalue weighted by atomic mass is 16.5. The van der Waals surface area contributed by atoms with Crippen molar-refractivity contribution < 1.29 is 9.47 Å². The first-order valence-electron chi connectivity index (χ1n) is 30.1. The van der Waals surface area contributed by atoms with E-state index >= 15 is 0 Å². The van der Waals surface area contributed by atoms with Crippen LogP contribution in [0.25, 0.3) is 21.9 Å². The molecule has 13 aromatic rings. The Morgan fingerprint density at radius 2 is 0.874 bits per heavy atom. The van der Waals surface area contributed by atoms with Gasteiger partial charge in [0.05, 0.1) is 0 Å². The van der Waals surface area contributed by atoms with E-state index in [4.69, 9.17) is 9.47 Å². The molecule has 18 rings (SSSR count). The fourth-order valence-electron chi connectivity index (χ4n) is 15.2. The van der Waals surface area contributed by atoms with Gasteiger partial charge in [-0.1, -0.05) is 172 Å². The molecule has 5 aliphatic rings. The standard InChI is InChI=1S/C79H54B2N4O2/c1-79(2)63-47-59(83(54-29-13-5-14-30-54)55-31-15-6-16-32-55)42-44-61(63)62-48-70-75-77(74(62)79)85(57-35-19-8-20-36-57)68-39-23-21-37-64(68)80(75)66-49-67-72(50-69(66)84(70)56-33-17-7-18-34-56)87-78-60-43-41-58(82(52-25-9-3-10-26-52)53-27-11-4-12-28-53)45-51(60)46-73-76(78)81(67)65-38-22-24-40-71(65)86-73/h3-50H,1-2H3. The highest BCUT2D eigenvalue weighted by Gasteiger charge is 2.51. The van der Waals surface area contributed by atoms with Gasteiger partial charge >= 0.3 is 0 Å². The third-order valence-corrected chi connectivity index (χ3v) is 18.8. The fourth-order valence-corrected chi connectivity index (χ4v) is 15.2. The SMILES string of the molecule is CC1(C)c2cc(N(c3ccccc3)c3ccccc3)ccc2-c2cc3c4c(c21)N(c1ccccc1)c1ccccc1B4c1cc2c(cc1N3c1ccccc1)Oc1c3c(cc4cc(N(c5ccccc5)c5ccccc5)ccc14)Oc1ccccc1B23. The van der Waals surface area contributed by atoms with Gasteiger partial charge in [-0.25, -0.2) is 0 Å². The summed E-state index contributed by atoms with van der Waals surface area (Å²) in [6, 6.07) is 106. The zero-order chi connectivity index (χ0) is 57.5. The highest BCUT2D eigenvalue weighted by molar-refractivity contribution is 7.02. The molecule has 0 saturated carbocycles. The van der Waals surface area contributed by atoms with Gasteiger partial charge < -0.3 is 29.1 Å². The number of ether oxygens (including phenoxy) is 2. The van der Waals surface area contributed by atoms with Crippen molar-refractivity contribution in [3.63, 3.8) is 0 Å². The summed E-state index contributed by atoms with van der Waals surface area (Å²) < 4.78 is 14.7. The number of hydrogen-bond acceptors (Lipinski definition) is 6. The Morgan fingerprint density at radius 3 is 1.51 bits per heavy atom. The molecule has 13 aromatic carbocycles. The summed E-state index contributed by atoms with van der Waals surface area (Å²) >= 11 is 0. The summed E-state index contributed by atoms with van der Waals surface area (Å²) in [5, 5.41) is 2.06. The summed E-state index contributed by atoms with van der Waals surface area (Å²) in [5.41, 5.74) is 25.1. The normalized spacial score (nSPS) is 13.8. The fraction of sp³-hybridized carbons (Fsp3) is 0.0380. The van der Waals surface area contributed by atoms with Crippen LogP contribution >= 0.6 is 0 Å². The molecule has 0 radical (unpaired) electrons. The largest absolute Gasteiger partial charge is 0.458 e. The molecule has 408 valence electrons. The molecule has 0 fully saturated rings. The van der Waals surface area contributed by atoms with Crippen molar-refractivity contribution >= 4 is 125 Å². The van der Waals surface area contributed by atoms with Gasteiger partial charge in [-0.05, 0) is 182 Å². The first kappa shape index (κ1) is 49.5. The molecule has 8 heteroatoms. The zero-order valence-electron chi connectivity index (χ0n) is 48.0. The Bertz CT molecular complexity index is 4850. The molecule has 87 heavy (non-hydrogen) atoms. The van der Waals surface area contributed by atoms with Crippen LogP contribution in [0, 0.1) is 0 Å². The van der Waals surface area contributed by atoms with Crippen LogP contribution in [0.3, 0.4) is 0 Å². The molecule has 0 atom stereocenters. The van der Waals surface area contributed by atoms with Crippen LogP contribution in [-0.4, -0.2) is 13.4 Å². The molecule has 0 N–H and O–H groups in total. The van der Waals surface area contributed by atoms with Gasteiger partial charge in [-0.3, -0.25) is 0 Å². The van der Waals surface area contributed by atoms with Crippen molar-refractivity contribution in [3.8, 4) is 34.1 Å². The number of rotatable bonds is 8. The van der Waals surface area contributed by atoms with Crippen molar-refractivity contribution in [1.82, 2.24) is 0 Å². The minimum atomic E-state index is -0.438. The summed E-state index contributed by atoms with van der Waals surface area (Å²) in [6.45, 7) is 4.56. The molecule has 1 aliphatic carbocycles. The molecule has 0 amide bonds. The summed E-state index contributed by atoms with van der Waals surface area (Å²) in [6.07, 6.45) is 0. The van der Waals surface area contributed by atoms with E-state index in [9.17, 15) is 0 Å². The van der Waals surface area contributed by atoms with Gasteiger partial charge in [-0.15, -0.1) is 0 Å². The van der Waals surface area contributed by atoms with Crippen LogP contribution in [-0.2, 0) is 5.41 Å². The van der Waals surface area contributed by atoms with E-state index in [1.165, 1.54) is 50.0 Å². The maximum Gasteiger partial charge on any atom is 0.260 e. The molecule has 0 bridgehead atoms. The molecule has 0 unspecified atom stereocenters. The van der Waals surface area contributed by atoms with E-state index in [1.807, 2.05) is 0 Å². The summed E-state index contributed by atoms with van der Waals surface area (Å²) in [7, 11) is 0. The van der Waals surface area contributed by atoms with E-state index in [0.29, 0.717) is 0 Å². The number of para-hydroxylation sites is 8. The van der Waals surface area contributed by atoms with Gasteiger partial charge in [0.2, 0.25) is 0 Å². The molecule has 4 heterocycles. The monoisotopic (exact) mass is 1110 g/mol. The lowest BCUT2D eigenvalue weighted by molar-refractivity contribution is 0.468. The predicted molar refractivity (Wildman–Crippen MR) is 363 cm³/mol. The minimum Gasteiger partial charge on any atom is -0.458 e. The van der Waals surface area contributed by atoms with Gasteiger partial charge in [0.15, 0.2) is 0 Å². The topological polar surface area (TPSA) is 31.4 Å². The lowest BCUT2D eigenvalue weighted by Gasteiger charge is -2.46. The van der Waals surface area contributed by atoms with E-state index in [0.717, 1.165) is 107 Å². The van der Waals surface area contributed by atoms with Crippen LogP contribution in [0.1, 0.15) is 25.0 Å². The Balaban J connectivity index is 0.881. The number of hydrogen-bond donors (Lipinski definition) is 0. The van der Waals surface area contributed by atoms with Crippen LogP contribution in [0.4, 0.5) is 68.2 Å². The maximum absolute atomic E-state index is 7.62. The Morgan fingerprint density at radius 1 is 0.345 bits per heavy atom. The third kappa shape index (κ3) is 7.37. The zero-order valence-corrected chi connectivity index (χ0v) is 48.0. The second-order valence-corrected chi connectivity index (χ2v) is 23.9. The Kier molecular flexibility index (Phi) is 10.8. The summed E-state index contributed by atoms with van der Waals surface area (Å²) in [5.74, 6) is 3.33. The van der Waals surface area contributed by atoms with Crippen LogP contribution in [0.2, 0.25) is 0 Å². The third-order valence-electron chi connectivity index (χ3n) is 18.8. The lowest BCUT2D eigenvalue weighted by atomic mass is 9.30. The lowest BCUT2D eigenvalue weighted by Crippen LogP contribution is -2.64. The van der Waals surface area contributed by atoms with Crippen molar-refractivity contribution in [2.45, 2.75) is 19.3 Å². The molecular formula is C79H54B2N4O2. The number of nitrogens with zero attached hydrogens (tertiary/aromatic N) is 4. The molecule has 0 spiro atoms. The van der Waals surface area contributed by atoms with E-state index in [2.05, 4.69) is 325 Å². The first-order chi connectivity index (χ1) is 42.9. The quantitative estimate of drug-likeness (QED) is 0.141. The second-order valence-electron chi connectivity index (χ2n) is 23.9. The first-order valence-corrected chi connectivity index (χ1v) is 30.1. The molecule has 6 nitrogen and oxygen atoms in total. The van der Waals surface area contributed by atoms with Gasteiger partial charge in [0.1, 0.15) is 23.0 Å². The molecule has 4 aliphatic heterocycles. The Hall–Kier alpha value is -11.0. The average molecular weight is 1110 g/mol. The summed E-state index contributed by atoms with van der Waals surface area (Å²) in [4.78, 5) is 9.82. The van der Waals surface area contributed by atoms with Crippen molar-refractivity contribution in [3.05, 3.63) is 302 Å². The number of fused-ring (bicyclic) bond motifs is 14. The predicted octanol–water partition coefficient (Wildman–Crippen LogP) is 16.9. The van der Waals surface area contributed by atoms with E-state index in [1.54, 1.807) is 0 Å². The van der Waals surface area contributed by atoms with E-state index in [-0.39, 0.29) is 13.4 Å². The second kappa shape index (κ2) is 19.0. The number of benzene rings is 13. The van der Waals surface area contributed by atoms with Gasteiger partial charge in [-0.2, -0.15) is 0 Å². The highest BCUT2D eigenvalue weighted by Crippen LogP contribution is 2.59. The van der Waals surface area contributed by atoms with Crippen molar-refractivity contribution in [2.75, 3.05) is 19.6 Å². The van der Waals surface area contributed by atoms with Crippen LogP contribution in [0.5, 0.6) is 23.0 Å². The molecular weight excluding hydrogens is 1060 g/mol. The van der Waals surface area contributed by atoms with Crippen molar-refractivity contribution in [1.29, 1.82) is 0 Å². The number of anilines is 12. The van der Waals surface area contributed by atoms with Gasteiger partial charge in [0, 0.05) is 90.6 Å². The van der Waals surface area contributed by atoms with Crippen LogP contribution < -0.4 is 61.9 Å². The molecule has 0 saturated heterocycles. The Labute approximate surface area is 507 Å². The van der Waals surface area contributed by atoms with E-state index < -0.39 is 5.41 Å². The average Bonchev–Trinajstić information content (AvgIpc) is 1.70. The molecule has 0 aromatic heterocycles. The minimum absolute atomic E-state index is 0.151. The van der Waals surface area contributed by atoms with Crippen molar-refractivity contribution in [2.24, 2.45) is 0 Å². The smallest absolute Gasteiger partial charge is 0.260 e. The van der Waals surface area contributed by atoms with Crippen LogP contribution in [0.15, 0.2) is 291 Å². The van der Waals surface area contributed by atoms with Gasteiger partial charge in [0.25, 0.3) is 13.4 Å². The maximum atomic E-state index is 7.62.